The molecule has 3 rings (SSSR count). The lowest BCUT2D eigenvalue weighted by Crippen LogP contribution is -2.19. The van der Waals surface area contributed by atoms with E-state index in [1.54, 1.807) is 6.92 Å². The monoisotopic (exact) mass is 355 g/mol. The Morgan fingerprint density at radius 1 is 1.23 bits per heavy atom. The quantitative estimate of drug-likeness (QED) is 0.682. The molecule has 3 aromatic rings. The van der Waals surface area contributed by atoms with Crippen molar-refractivity contribution in [2.24, 2.45) is 0 Å². The lowest BCUT2D eigenvalue weighted by Gasteiger charge is -1.98. The zero-order chi connectivity index (χ0) is 15.7. The number of rotatable bonds is 4. The molecule has 3 heterocycles. The fourth-order valence-corrected chi connectivity index (χ4v) is 3.74. The zero-order valence-electron chi connectivity index (χ0n) is 11.4. The number of aromatic nitrogens is 6. The van der Waals surface area contributed by atoms with Gasteiger partial charge in [-0.05, 0) is 13.8 Å². The molecule has 9 nitrogen and oxygen atoms in total. The van der Waals surface area contributed by atoms with Gasteiger partial charge in [-0.15, -0.1) is 25.5 Å². The first-order chi connectivity index (χ1) is 10.5. The van der Waals surface area contributed by atoms with Crippen LogP contribution in [0.15, 0.2) is 9.13 Å². The van der Waals surface area contributed by atoms with Gasteiger partial charge in [0.15, 0.2) is 4.34 Å². The molecule has 0 aliphatic carbocycles. The van der Waals surface area contributed by atoms with Crippen LogP contribution in [0.4, 0.5) is 5.13 Å². The van der Waals surface area contributed by atoms with E-state index in [-0.39, 0.29) is 22.9 Å². The molecule has 1 N–H and O–H groups in total. The Balaban J connectivity index is 1.67. The van der Waals surface area contributed by atoms with Crippen LogP contribution in [0.2, 0.25) is 0 Å². The standard InChI is InChI=1S/C10H9N7O2S3/c1-4-7(19)17-9(15-12-4)22-10(16-17)20-3-6(18)11-8-14-13-5(2)21-8/h3H2,1-2H3,(H,11,14,18). The summed E-state index contributed by atoms with van der Waals surface area (Å²) in [6, 6.07) is 0. The van der Waals surface area contributed by atoms with E-state index in [0.29, 0.717) is 14.4 Å². The fourth-order valence-electron chi connectivity index (χ4n) is 1.46. The van der Waals surface area contributed by atoms with Crippen LogP contribution in [-0.2, 0) is 4.79 Å². The first kappa shape index (κ1) is 15.0. The van der Waals surface area contributed by atoms with Crippen molar-refractivity contribution in [1.29, 1.82) is 0 Å². The summed E-state index contributed by atoms with van der Waals surface area (Å²) in [5.74, 6) is -0.0606. The summed E-state index contributed by atoms with van der Waals surface area (Å²) in [5, 5.41) is 23.3. The third kappa shape index (κ3) is 3.13. The van der Waals surface area contributed by atoms with Crippen LogP contribution in [-0.4, -0.2) is 41.7 Å². The molecular weight excluding hydrogens is 346 g/mol. The van der Waals surface area contributed by atoms with Crippen molar-refractivity contribution in [3.63, 3.8) is 0 Å². The molecule has 0 fully saturated rings. The van der Waals surface area contributed by atoms with Crippen molar-refractivity contribution in [2.45, 2.75) is 18.2 Å². The van der Waals surface area contributed by atoms with Crippen LogP contribution < -0.4 is 10.9 Å². The SMILES string of the molecule is Cc1nnc(NC(=O)CSc2nn3c(=O)c(C)nnc3s2)s1. The third-order valence-electron chi connectivity index (χ3n) is 2.43. The predicted molar refractivity (Wildman–Crippen MR) is 83.7 cm³/mol. The fraction of sp³-hybridized carbons (Fsp3) is 0.300. The van der Waals surface area contributed by atoms with E-state index in [1.807, 2.05) is 6.92 Å². The summed E-state index contributed by atoms with van der Waals surface area (Å²) in [5.41, 5.74) is -0.0226. The summed E-state index contributed by atoms with van der Waals surface area (Å²) >= 11 is 3.73. The van der Waals surface area contributed by atoms with Crippen LogP contribution in [0.5, 0.6) is 0 Å². The molecule has 0 radical (unpaired) electrons. The number of hydrogen-bond donors (Lipinski definition) is 1. The minimum absolute atomic E-state index is 0.152. The highest BCUT2D eigenvalue weighted by Gasteiger charge is 2.12. The third-order valence-corrected chi connectivity index (χ3v) is 5.21. The van der Waals surface area contributed by atoms with Crippen LogP contribution >= 0.6 is 34.4 Å². The minimum Gasteiger partial charge on any atom is -0.300 e. The number of carbonyl (C=O) groups is 1. The largest absolute Gasteiger partial charge is 0.300 e. The Morgan fingerprint density at radius 2 is 2.05 bits per heavy atom. The average Bonchev–Trinajstić information content (AvgIpc) is 3.07. The van der Waals surface area contributed by atoms with Crippen LogP contribution in [0.1, 0.15) is 10.7 Å². The number of anilines is 1. The van der Waals surface area contributed by atoms with Gasteiger partial charge in [-0.25, -0.2) is 0 Å². The molecule has 0 unspecified atom stereocenters. The van der Waals surface area contributed by atoms with Gasteiger partial charge < -0.3 is 0 Å². The minimum atomic E-state index is -0.304. The molecule has 3 aromatic heterocycles. The van der Waals surface area contributed by atoms with Crippen LogP contribution in [0.3, 0.4) is 0 Å². The van der Waals surface area contributed by atoms with E-state index in [1.165, 1.54) is 39.0 Å². The molecule has 12 heteroatoms. The second-order valence-electron chi connectivity index (χ2n) is 4.12. The highest BCUT2D eigenvalue weighted by molar-refractivity contribution is 8.01. The van der Waals surface area contributed by atoms with Crippen LogP contribution in [0.25, 0.3) is 4.96 Å². The summed E-state index contributed by atoms with van der Waals surface area (Å²) in [6.45, 7) is 3.38. The van der Waals surface area contributed by atoms with Crippen molar-refractivity contribution in [2.75, 3.05) is 11.1 Å². The van der Waals surface area contributed by atoms with Crippen LogP contribution in [0, 0.1) is 13.8 Å². The molecule has 114 valence electrons. The molecule has 0 aliphatic rings. The van der Waals surface area contributed by atoms with Gasteiger partial charge in [0, 0.05) is 0 Å². The lowest BCUT2D eigenvalue weighted by atomic mass is 10.5. The Bertz CT molecular complexity index is 899. The Hall–Kier alpha value is -1.92. The number of aryl methyl sites for hydroxylation is 2. The molecule has 0 aromatic carbocycles. The summed E-state index contributed by atoms with van der Waals surface area (Å²) in [4.78, 5) is 24.0. The topological polar surface area (TPSA) is 115 Å². The summed E-state index contributed by atoms with van der Waals surface area (Å²) in [6.07, 6.45) is 0. The molecule has 0 spiro atoms. The maximum absolute atomic E-state index is 11.8. The van der Waals surface area contributed by atoms with E-state index >= 15 is 0 Å². The van der Waals surface area contributed by atoms with Gasteiger partial charge in [0.1, 0.15) is 10.7 Å². The van der Waals surface area contributed by atoms with E-state index in [2.05, 4.69) is 30.8 Å². The maximum Gasteiger partial charge on any atom is 0.296 e. The first-order valence-electron chi connectivity index (χ1n) is 5.99. The summed E-state index contributed by atoms with van der Waals surface area (Å²) < 4.78 is 1.77. The number of nitrogens with zero attached hydrogens (tertiary/aromatic N) is 6. The van der Waals surface area contributed by atoms with Crippen molar-refractivity contribution < 1.29 is 4.79 Å². The van der Waals surface area contributed by atoms with E-state index in [9.17, 15) is 9.59 Å². The Morgan fingerprint density at radius 3 is 2.77 bits per heavy atom. The highest BCUT2D eigenvalue weighted by Crippen LogP contribution is 2.23. The number of thioether (sulfide) groups is 1. The highest BCUT2D eigenvalue weighted by atomic mass is 32.2. The number of hydrogen-bond acceptors (Lipinski definition) is 10. The molecule has 0 aliphatic heterocycles. The van der Waals surface area contributed by atoms with Gasteiger partial charge in [-0.3, -0.25) is 14.9 Å². The van der Waals surface area contributed by atoms with Gasteiger partial charge in [0.05, 0.1) is 5.75 Å². The van der Waals surface area contributed by atoms with Gasteiger partial charge in [0.2, 0.25) is 16.0 Å². The molecule has 0 saturated heterocycles. The van der Waals surface area contributed by atoms with E-state index < -0.39 is 0 Å². The van der Waals surface area contributed by atoms with E-state index in [4.69, 9.17) is 0 Å². The van der Waals surface area contributed by atoms with Gasteiger partial charge in [-0.2, -0.15) is 4.52 Å². The van der Waals surface area contributed by atoms with Crippen molar-refractivity contribution >= 4 is 50.4 Å². The van der Waals surface area contributed by atoms with Gasteiger partial charge in [-0.1, -0.05) is 34.4 Å². The maximum atomic E-state index is 11.8. The van der Waals surface area contributed by atoms with Gasteiger partial charge in [0.25, 0.3) is 5.56 Å². The molecule has 0 atom stereocenters. The second kappa shape index (κ2) is 6.06. The molecule has 0 bridgehead atoms. The van der Waals surface area contributed by atoms with Crippen molar-refractivity contribution in [1.82, 2.24) is 30.0 Å². The lowest BCUT2D eigenvalue weighted by molar-refractivity contribution is -0.113. The normalized spacial score (nSPS) is 11.0. The number of amides is 1. The second-order valence-corrected chi connectivity index (χ2v) is 7.48. The molecule has 22 heavy (non-hydrogen) atoms. The smallest absolute Gasteiger partial charge is 0.296 e. The van der Waals surface area contributed by atoms with Crippen molar-refractivity contribution in [3.05, 3.63) is 21.1 Å². The van der Waals surface area contributed by atoms with E-state index in [0.717, 1.165) is 5.01 Å². The average molecular weight is 355 g/mol. The van der Waals surface area contributed by atoms with Crippen molar-refractivity contribution in [3.8, 4) is 0 Å². The van der Waals surface area contributed by atoms with Gasteiger partial charge >= 0.3 is 0 Å². The summed E-state index contributed by atoms with van der Waals surface area (Å²) in [7, 11) is 0. The number of carbonyl (C=O) groups excluding carboxylic acids is 1. The molecule has 1 amide bonds. The zero-order valence-corrected chi connectivity index (χ0v) is 13.9. The molecular formula is C10H9N7O2S3. The number of nitrogens with one attached hydrogen (secondary N) is 1. The number of fused-ring (bicyclic) bond motifs is 1. The Labute approximate surface area is 135 Å². The first-order valence-corrected chi connectivity index (χ1v) is 8.60. The molecule has 0 saturated carbocycles. The Kier molecular flexibility index (Phi) is 4.13. The predicted octanol–water partition coefficient (Wildman–Crippen LogP) is 0.745.